The molecule has 0 spiro atoms. The van der Waals surface area contributed by atoms with E-state index >= 15 is 0 Å². The van der Waals surface area contributed by atoms with E-state index in [-0.39, 0.29) is 17.9 Å². The lowest BCUT2D eigenvalue weighted by Crippen LogP contribution is -2.53. The second-order valence-electron chi connectivity index (χ2n) is 5.28. The summed E-state index contributed by atoms with van der Waals surface area (Å²) >= 11 is 0. The van der Waals surface area contributed by atoms with Crippen LogP contribution < -0.4 is 16.4 Å². The molecule has 1 aromatic carbocycles. The highest BCUT2D eigenvalue weighted by Crippen LogP contribution is 2.12. The molecule has 1 aromatic rings. The van der Waals surface area contributed by atoms with E-state index in [1.807, 2.05) is 13.0 Å². The average molecular weight is 290 g/mol. The molecule has 0 radical (unpaired) electrons. The molecule has 4 N–H and O–H groups in total. The normalized spacial score (nSPS) is 19.1. The summed E-state index contributed by atoms with van der Waals surface area (Å²) in [6.07, 6.45) is 1.16. The molecule has 1 aliphatic rings. The second-order valence-corrected chi connectivity index (χ2v) is 5.28. The van der Waals surface area contributed by atoms with E-state index in [0.717, 1.165) is 19.5 Å². The van der Waals surface area contributed by atoms with Gasteiger partial charge in [0.25, 0.3) is 0 Å². The van der Waals surface area contributed by atoms with Gasteiger partial charge in [0.05, 0.1) is 6.04 Å². The van der Waals surface area contributed by atoms with E-state index < -0.39 is 0 Å². The molecule has 0 bridgehead atoms. The average Bonchev–Trinajstić information content (AvgIpc) is 2.43. The van der Waals surface area contributed by atoms with Gasteiger partial charge in [-0.2, -0.15) is 0 Å². The minimum absolute atomic E-state index is 0.0327. The molecule has 1 atom stereocenters. The Kier molecular flexibility index (Phi) is 5.16. The summed E-state index contributed by atoms with van der Waals surface area (Å²) in [5.41, 5.74) is 7.00. The number of hydrogen-bond donors (Lipinski definition) is 3. The fraction of sp³-hybridized carbons (Fsp3) is 0.467. The smallest absolute Gasteiger partial charge is 0.237 e. The van der Waals surface area contributed by atoms with E-state index in [4.69, 9.17) is 5.73 Å². The Hall–Kier alpha value is -2.08. The van der Waals surface area contributed by atoms with Gasteiger partial charge in [0.2, 0.25) is 11.8 Å². The van der Waals surface area contributed by atoms with Crippen molar-refractivity contribution in [2.75, 3.05) is 30.7 Å². The van der Waals surface area contributed by atoms with Crippen molar-refractivity contribution >= 4 is 23.2 Å². The number of carbonyl (C=O) groups is 2. The maximum atomic E-state index is 11.9. The molecule has 2 amide bonds. The number of rotatable bonds is 5. The van der Waals surface area contributed by atoms with Crippen molar-refractivity contribution in [2.24, 2.45) is 0 Å². The highest BCUT2D eigenvalue weighted by Gasteiger charge is 2.24. The fourth-order valence-electron chi connectivity index (χ4n) is 2.42. The van der Waals surface area contributed by atoms with Gasteiger partial charge < -0.3 is 16.4 Å². The van der Waals surface area contributed by atoms with E-state index in [0.29, 0.717) is 24.3 Å². The third kappa shape index (κ3) is 4.46. The summed E-state index contributed by atoms with van der Waals surface area (Å²) in [7, 11) is 0. The van der Waals surface area contributed by atoms with Gasteiger partial charge in [0.1, 0.15) is 0 Å². The van der Waals surface area contributed by atoms with Crippen LogP contribution in [0.3, 0.4) is 0 Å². The lowest BCUT2D eigenvalue weighted by molar-refractivity contribution is -0.128. The number of nitrogens with two attached hydrogens (primary N) is 1. The second kappa shape index (κ2) is 7.08. The van der Waals surface area contributed by atoms with E-state index in [1.165, 1.54) is 0 Å². The topological polar surface area (TPSA) is 87.5 Å². The van der Waals surface area contributed by atoms with Crippen molar-refractivity contribution < 1.29 is 9.59 Å². The number of benzene rings is 1. The molecule has 1 fully saturated rings. The van der Waals surface area contributed by atoms with Crippen LogP contribution in [0.4, 0.5) is 11.4 Å². The Morgan fingerprint density at radius 1 is 1.52 bits per heavy atom. The van der Waals surface area contributed by atoms with Gasteiger partial charge >= 0.3 is 0 Å². The minimum atomic E-state index is -0.115. The first kappa shape index (κ1) is 15.3. The first-order valence-corrected chi connectivity index (χ1v) is 7.23. The summed E-state index contributed by atoms with van der Waals surface area (Å²) in [6, 6.07) is 7.01. The molecule has 2 rings (SSSR count). The standard InChI is InChI=1S/C15H22N4O2/c1-11-15(21)17-7-9-19(11)8-3-6-14(20)18-13-5-2-4-12(16)10-13/h2,4-5,10-11H,3,6-9,16H2,1H3,(H,17,21)(H,18,20). The first-order chi connectivity index (χ1) is 10.1. The Morgan fingerprint density at radius 3 is 3.10 bits per heavy atom. The van der Waals surface area contributed by atoms with Crippen molar-refractivity contribution in [3.05, 3.63) is 24.3 Å². The molecule has 1 unspecified atom stereocenters. The number of nitrogen functional groups attached to an aromatic ring is 1. The third-order valence-electron chi connectivity index (χ3n) is 3.64. The summed E-state index contributed by atoms with van der Waals surface area (Å²) < 4.78 is 0. The zero-order valence-corrected chi connectivity index (χ0v) is 12.3. The van der Waals surface area contributed by atoms with Crippen molar-refractivity contribution in [3.8, 4) is 0 Å². The Bertz CT molecular complexity index is 518. The zero-order valence-electron chi connectivity index (χ0n) is 12.3. The van der Waals surface area contributed by atoms with Crippen molar-refractivity contribution in [1.29, 1.82) is 0 Å². The number of piperazine rings is 1. The fourth-order valence-corrected chi connectivity index (χ4v) is 2.42. The summed E-state index contributed by atoms with van der Waals surface area (Å²) in [5, 5.41) is 5.65. The molecule has 1 heterocycles. The van der Waals surface area contributed by atoms with Crippen LogP contribution in [0.5, 0.6) is 0 Å². The number of carbonyl (C=O) groups excluding carboxylic acids is 2. The van der Waals surface area contributed by atoms with Gasteiger partial charge in [-0.1, -0.05) is 6.07 Å². The van der Waals surface area contributed by atoms with Gasteiger partial charge in [-0.25, -0.2) is 0 Å². The van der Waals surface area contributed by atoms with Crippen LogP contribution in [0.25, 0.3) is 0 Å². The quantitative estimate of drug-likeness (QED) is 0.700. The first-order valence-electron chi connectivity index (χ1n) is 7.23. The highest BCUT2D eigenvalue weighted by molar-refractivity contribution is 5.91. The largest absolute Gasteiger partial charge is 0.399 e. The molecule has 6 heteroatoms. The van der Waals surface area contributed by atoms with Crippen LogP contribution in [0, 0.1) is 0 Å². The van der Waals surface area contributed by atoms with E-state index in [2.05, 4.69) is 15.5 Å². The molecule has 114 valence electrons. The van der Waals surface area contributed by atoms with Crippen molar-refractivity contribution in [3.63, 3.8) is 0 Å². The molecule has 0 aromatic heterocycles. The molecular weight excluding hydrogens is 268 g/mol. The van der Waals surface area contributed by atoms with Gasteiger partial charge in [-0.3, -0.25) is 14.5 Å². The van der Waals surface area contributed by atoms with Gasteiger partial charge in [0, 0.05) is 30.9 Å². The molecule has 21 heavy (non-hydrogen) atoms. The highest BCUT2D eigenvalue weighted by atomic mass is 16.2. The molecule has 0 aliphatic carbocycles. The maximum Gasteiger partial charge on any atom is 0.237 e. The van der Waals surface area contributed by atoms with Crippen LogP contribution in [0.2, 0.25) is 0 Å². The molecule has 0 saturated carbocycles. The lowest BCUT2D eigenvalue weighted by atomic mass is 10.1. The van der Waals surface area contributed by atoms with Crippen molar-refractivity contribution in [1.82, 2.24) is 10.2 Å². The summed E-state index contributed by atoms with van der Waals surface area (Å²) in [5.74, 6) is 0.0279. The monoisotopic (exact) mass is 290 g/mol. The van der Waals surface area contributed by atoms with E-state index in [1.54, 1.807) is 18.2 Å². The van der Waals surface area contributed by atoms with Gasteiger partial charge in [0.15, 0.2) is 0 Å². The predicted octanol–water partition coefficient (Wildman–Crippen LogP) is 0.808. The SMILES string of the molecule is CC1C(=O)NCCN1CCCC(=O)Nc1cccc(N)c1. The Labute approximate surface area is 124 Å². The molecule has 6 nitrogen and oxygen atoms in total. The maximum absolute atomic E-state index is 11.9. The van der Waals surface area contributed by atoms with Crippen LogP contribution in [-0.2, 0) is 9.59 Å². The summed E-state index contributed by atoms with van der Waals surface area (Å²) in [6.45, 7) is 4.16. The molecule has 1 saturated heterocycles. The summed E-state index contributed by atoms with van der Waals surface area (Å²) in [4.78, 5) is 25.5. The van der Waals surface area contributed by atoms with Crippen LogP contribution in [-0.4, -0.2) is 42.4 Å². The van der Waals surface area contributed by atoms with Crippen LogP contribution >= 0.6 is 0 Å². The number of nitrogens with zero attached hydrogens (tertiary/aromatic N) is 1. The Balaban J connectivity index is 1.73. The Morgan fingerprint density at radius 2 is 2.33 bits per heavy atom. The van der Waals surface area contributed by atoms with Crippen LogP contribution in [0.15, 0.2) is 24.3 Å². The van der Waals surface area contributed by atoms with Gasteiger partial charge in [-0.05, 0) is 38.1 Å². The van der Waals surface area contributed by atoms with E-state index in [9.17, 15) is 9.59 Å². The number of nitrogens with one attached hydrogen (secondary N) is 2. The van der Waals surface area contributed by atoms with Crippen LogP contribution in [0.1, 0.15) is 19.8 Å². The predicted molar refractivity (Wildman–Crippen MR) is 82.8 cm³/mol. The number of amides is 2. The van der Waals surface area contributed by atoms with Crippen molar-refractivity contribution in [2.45, 2.75) is 25.8 Å². The minimum Gasteiger partial charge on any atom is -0.399 e. The number of hydrogen-bond acceptors (Lipinski definition) is 4. The number of anilines is 2. The molecular formula is C15H22N4O2. The third-order valence-corrected chi connectivity index (χ3v) is 3.64. The van der Waals surface area contributed by atoms with Gasteiger partial charge in [-0.15, -0.1) is 0 Å². The molecule has 1 aliphatic heterocycles. The zero-order chi connectivity index (χ0) is 15.2. The lowest BCUT2D eigenvalue weighted by Gasteiger charge is -2.32.